The first-order chi connectivity index (χ1) is 7.39. The highest BCUT2D eigenvalue weighted by Crippen LogP contribution is 2.35. The fourth-order valence-electron chi connectivity index (χ4n) is 2.32. The van der Waals surface area contributed by atoms with Crippen molar-refractivity contribution < 1.29 is 0 Å². The molecule has 1 aliphatic rings. The number of hydrogen-bond donors (Lipinski definition) is 0. The standard InChI is InChI=1S/C12H20Cl4/c1-12(16)7-10(14)5-3-2-4-9(13)6-11(15)8-12/h9-11H,2-8H2,1H3/t9?,10?,11?,12-/m0/s1. The third-order valence-electron chi connectivity index (χ3n) is 3.09. The number of hydrogen-bond acceptors (Lipinski definition) is 0. The second-order valence-electron chi connectivity index (χ2n) is 5.13. The highest BCUT2D eigenvalue weighted by molar-refractivity contribution is 6.27. The molecule has 0 aliphatic heterocycles. The zero-order valence-corrected chi connectivity index (χ0v) is 12.7. The van der Waals surface area contributed by atoms with Crippen molar-refractivity contribution in [3.05, 3.63) is 0 Å². The summed E-state index contributed by atoms with van der Waals surface area (Å²) in [6, 6.07) is 0. The smallest absolute Gasteiger partial charge is 0.0446 e. The van der Waals surface area contributed by atoms with Crippen LogP contribution in [0.4, 0.5) is 0 Å². The lowest BCUT2D eigenvalue weighted by atomic mass is 9.96. The Labute approximate surface area is 119 Å². The molecular weight excluding hydrogens is 286 g/mol. The molecule has 4 heteroatoms. The van der Waals surface area contributed by atoms with E-state index >= 15 is 0 Å². The van der Waals surface area contributed by atoms with E-state index in [9.17, 15) is 0 Å². The summed E-state index contributed by atoms with van der Waals surface area (Å²) in [7, 11) is 0. The maximum atomic E-state index is 6.45. The molecule has 0 saturated heterocycles. The van der Waals surface area contributed by atoms with Gasteiger partial charge in [0.25, 0.3) is 0 Å². The molecule has 3 unspecified atom stereocenters. The van der Waals surface area contributed by atoms with Gasteiger partial charge in [0.2, 0.25) is 0 Å². The second-order valence-corrected chi connectivity index (χ2v) is 7.90. The zero-order valence-electron chi connectivity index (χ0n) is 9.69. The van der Waals surface area contributed by atoms with Gasteiger partial charge in [-0.15, -0.1) is 46.4 Å². The molecule has 0 aromatic carbocycles. The lowest BCUT2D eigenvalue weighted by Crippen LogP contribution is -2.26. The van der Waals surface area contributed by atoms with E-state index in [0.29, 0.717) is 0 Å². The first-order valence-electron chi connectivity index (χ1n) is 6.00. The topological polar surface area (TPSA) is 0 Å². The van der Waals surface area contributed by atoms with Gasteiger partial charge >= 0.3 is 0 Å². The fourth-order valence-corrected chi connectivity index (χ4v) is 4.36. The third kappa shape index (κ3) is 6.19. The van der Waals surface area contributed by atoms with Crippen molar-refractivity contribution in [2.75, 3.05) is 0 Å². The van der Waals surface area contributed by atoms with Crippen LogP contribution in [0.2, 0.25) is 0 Å². The van der Waals surface area contributed by atoms with Crippen LogP contribution in [0.5, 0.6) is 0 Å². The molecule has 1 rings (SSSR count). The van der Waals surface area contributed by atoms with Gasteiger partial charge in [-0.3, -0.25) is 0 Å². The fraction of sp³-hybridized carbons (Fsp3) is 1.00. The van der Waals surface area contributed by atoms with Gasteiger partial charge in [-0.2, -0.15) is 0 Å². The molecule has 0 aromatic heterocycles. The van der Waals surface area contributed by atoms with Crippen LogP contribution in [0.3, 0.4) is 0 Å². The van der Waals surface area contributed by atoms with E-state index in [4.69, 9.17) is 46.4 Å². The Balaban J connectivity index is 2.59. The average molecular weight is 306 g/mol. The Morgan fingerprint density at radius 3 is 2.00 bits per heavy atom. The maximum Gasteiger partial charge on any atom is 0.0446 e. The van der Waals surface area contributed by atoms with E-state index in [2.05, 4.69) is 0 Å². The minimum absolute atomic E-state index is 0.0620. The second kappa shape index (κ2) is 6.92. The van der Waals surface area contributed by atoms with E-state index < -0.39 is 0 Å². The molecule has 0 N–H and O–H groups in total. The molecule has 0 radical (unpaired) electrons. The summed E-state index contributed by atoms with van der Waals surface area (Å²) in [6.07, 6.45) is 6.79. The van der Waals surface area contributed by atoms with E-state index in [1.54, 1.807) is 0 Å². The maximum absolute atomic E-state index is 6.45. The quantitative estimate of drug-likeness (QED) is 0.515. The van der Waals surface area contributed by atoms with Crippen molar-refractivity contribution >= 4 is 46.4 Å². The number of alkyl halides is 4. The van der Waals surface area contributed by atoms with Gasteiger partial charge in [-0.05, 0) is 39.0 Å². The highest BCUT2D eigenvalue weighted by atomic mass is 35.5. The molecule has 0 amide bonds. The molecule has 0 aromatic rings. The van der Waals surface area contributed by atoms with E-state index in [1.165, 1.54) is 0 Å². The zero-order chi connectivity index (χ0) is 12.2. The Bertz CT molecular complexity index is 205. The number of halogens is 4. The molecular formula is C12H20Cl4. The normalized spacial score (nSPS) is 43.7. The Kier molecular flexibility index (Phi) is 6.59. The van der Waals surface area contributed by atoms with Crippen molar-refractivity contribution in [2.24, 2.45) is 0 Å². The van der Waals surface area contributed by atoms with Crippen molar-refractivity contribution in [3.8, 4) is 0 Å². The lowest BCUT2D eigenvalue weighted by Gasteiger charge is -2.27. The molecule has 4 atom stereocenters. The van der Waals surface area contributed by atoms with Crippen molar-refractivity contribution in [1.82, 2.24) is 0 Å². The van der Waals surface area contributed by atoms with Gasteiger partial charge in [0.1, 0.15) is 0 Å². The molecule has 96 valence electrons. The van der Waals surface area contributed by atoms with Crippen LogP contribution in [0.15, 0.2) is 0 Å². The van der Waals surface area contributed by atoms with Crippen LogP contribution in [-0.2, 0) is 0 Å². The van der Waals surface area contributed by atoms with Gasteiger partial charge in [0.15, 0.2) is 0 Å². The Morgan fingerprint density at radius 2 is 1.38 bits per heavy atom. The van der Waals surface area contributed by atoms with Crippen molar-refractivity contribution in [1.29, 1.82) is 0 Å². The monoisotopic (exact) mass is 304 g/mol. The summed E-state index contributed by atoms with van der Waals surface area (Å²) in [5.41, 5.74) is 0. The predicted octanol–water partition coefficient (Wildman–Crippen LogP) is 5.55. The van der Waals surface area contributed by atoms with Gasteiger partial charge < -0.3 is 0 Å². The molecule has 0 spiro atoms. The molecule has 16 heavy (non-hydrogen) atoms. The van der Waals surface area contributed by atoms with Crippen molar-refractivity contribution in [3.63, 3.8) is 0 Å². The largest absolute Gasteiger partial charge is 0.123 e. The van der Waals surface area contributed by atoms with E-state index in [1.807, 2.05) is 6.92 Å². The highest BCUT2D eigenvalue weighted by Gasteiger charge is 2.29. The lowest BCUT2D eigenvalue weighted by molar-refractivity contribution is 0.488. The van der Waals surface area contributed by atoms with Gasteiger partial charge in [0, 0.05) is 21.0 Å². The van der Waals surface area contributed by atoms with Crippen LogP contribution in [0, 0.1) is 0 Å². The molecule has 1 fully saturated rings. The molecule has 1 aliphatic carbocycles. The Hall–Kier alpha value is 1.16. The molecule has 0 bridgehead atoms. The first kappa shape index (κ1) is 15.2. The van der Waals surface area contributed by atoms with Gasteiger partial charge in [-0.1, -0.05) is 12.8 Å². The first-order valence-corrected chi connectivity index (χ1v) is 7.69. The third-order valence-corrected chi connectivity index (χ3v) is 4.50. The van der Waals surface area contributed by atoms with E-state index in [0.717, 1.165) is 44.9 Å². The van der Waals surface area contributed by atoms with Gasteiger partial charge in [0.05, 0.1) is 0 Å². The van der Waals surface area contributed by atoms with E-state index in [-0.39, 0.29) is 21.0 Å². The average Bonchev–Trinajstić information content (AvgIpc) is 2.10. The van der Waals surface area contributed by atoms with Gasteiger partial charge in [-0.25, -0.2) is 0 Å². The minimum atomic E-state index is -0.292. The van der Waals surface area contributed by atoms with Crippen LogP contribution in [0.25, 0.3) is 0 Å². The Morgan fingerprint density at radius 1 is 0.875 bits per heavy atom. The summed E-state index contributed by atoms with van der Waals surface area (Å²) < 4.78 is 0. The summed E-state index contributed by atoms with van der Waals surface area (Å²) in [6.45, 7) is 2.03. The number of rotatable bonds is 0. The van der Waals surface area contributed by atoms with Crippen LogP contribution in [0.1, 0.15) is 51.9 Å². The summed E-state index contributed by atoms with van der Waals surface area (Å²) in [5.74, 6) is 0. The minimum Gasteiger partial charge on any atom is -0.123 e. The van der Waals surface area contributed by atoms with Crippen molar-refractivity contribution in [2.45, 2.75) is 72.9 Å². The summed E-state index contributed by atoms with van der Waals surface area (Å²) >= 11 is 25.3. The summed E-state index contributed by atoms with van der Waals surface area (Å²) in [5, 5.41) is 0.409. The van der Waals surface area contributed by atoms with Crippen LogP contribution in [-0.4, -0.2) is 21.0 Å². The predicted molar refractivity (Wildman–Crippen MR) is 75.5 cm³/mol. The molecule has 1 saturated carbocycles. The SMILES string of the molecule is C[C@]1(Cl)CC(Cl)CCCCC(Cl)CC(Cl)C1. The molecule has 0 nitrogen and oxygen atoms in total. The van der Waals surface area contributed by atoms with Crippen LogP contribution < -0.4 is 0 Å². The molecule has 0 heterocycles. The van der Waals surface area contributed by atoms with Crippen LogP contribution >= 0.6 is 46.4 Å². The summed E-state index contributed by atoms with van der Waals surface area (Å²) in [4.78, 5) is -0.292.